The zero-order valence-corrected chi connectivity index (χ0v) is 14.0. The maximum Gasteiger partial charge on any atom is 0.248 e. The highest BCUT2D eigenvalue weighted by atomic mass is 16.1. The molecule has 0 aromatic heterocycles. The van der Waals surface area contributed by atoms with E-state index in [0.717, 1.165) is 31.0 Å². The Labute approximate surface area is 143 Å². The number of hydrogen-bond acceptors (Lipinski definition) is 2. The van der Waals surface area contributed by atoms with Gasteiger partial charge in [-0.1, -0.05) is 42.5 Å². The van der Waals surface area contributed by atoms with Gasteiger partial charge in [-0.05, 0) is 36.6 Å². The summed E-state index contributed by atoms with van der Waals surface area (Å²) in [6, 6.07) is 17.5. The number of carbonyl (C=O) groups excluding carboxylic acids is 1. The first-order valence-corrected chi connectivity index (χ1v) is 8.14. The number of nitrogens with one attached hydrogen (secondary N) is 2. The van der Waals surface area contributed by atoms with Crippen molar-refractivity contribution < 1.29 is 4.79 Å². The number of amides is 1. The van der Waals surface area contributed by atoms with Crippen LogP contribution in [0.5, 0.6) is 0 Å². The fourth-order valence-electron chi connectivity index (χ4n) is 2.26. The molecule has 0 aliphatic carbocycles. The van der Waals surface area contributed by atoms with Gasteiger partial charge in [0.1, 0.15) is 0 Å². The lowest BCUT2D eigenvalue weighted by Gasteiger charge is -2.11. The minimum absolute atomic E-state index is 0.416. The van der Waals surface area contributed by atoms with Gasteiger partial charge in [-0.3, -0.25) is 4.79 Å². The van der Waals surface area contributed by atoms with Crippen molar-refractivity contribution in [2.24, 2.45) is 10.7 Å². The molecule has 0 aliphatic rings. The molecule has 2 aromatic carbocycles. The van der Waals surface area contributed by atoms with Gasteiger partial charge < -0.3 is 16.4 Å². The Kier molecular flexibility index (Phi) is 6.83. The molecule has 1 amide bonds. The van der Waals surface area contributed by atoms with Gasteiger partial charge in [-0.2, -0.15) is 0 Å². The van der Waals surface area contributed by atoms with Gasteiger partial charge in [0.2, 0.25) is 5.91 Å². The summed E-state index contributed by atoms with van der Waals surface area (Å²) in [6.07, 6.45) is 0.943. The first kappa shape index (κ1) is 17.5. The zero-order valence-electron chi connectivity index (χ0n) is 14.0. The van der Waals surface area contributed by atoms with Gasteiger partial charge in [-0.15, -0.1) is 0 Å². The van der Waals surface area contributed by atoms with Gasteiger partial charge >= 0.3 is 0 Å². The van der Waals surface area contributed by atoms with Crippen LogP contribution in [0.3, 0.4) is 0 Å². The Bertz CT molecular complexity index is 666. The highest BCUT2D eigenvalue weighted by Crippen LogP contribution is 2.05. The molecule has 0 radical (unpaired) electrons. The first-order chi connectivity index (χ1) is 11.7. The van der Waals surface area contributed by atoms with E-state index in [1.165, 1.54) is 5.56 Å². The second-order valence-corrected chi connectivity index (χ2v) is 5.42. The molecule has 0 spiro atoms. The normalized spacial score (nSPS) is 11.1. The Morgan fingerprint density at radius 3 is 2.33 bits per heavy atom. The lowest BCUT2D eigenvalue weighted by molar-refractivity contribution is 0.100. The number of benzene rings is 2. The Balaban J connectivity index is 1.88. The monoisotopic (exact) mass is 324 g/mol. The molecule has 2 aromatic rings. The summed E-state index contributed by atoms with van der Waals surface area (Å²) >= 11 is 0. The first-order valence-electron chi connectivity index (χ1n) is 8.14. The van der Waals surface area contributed by atoms with E-state index in [1.54, 1.807) is 12.1 Å². The van der Waals surface area contributed by atoms with E-state index in [9.17, 15) is 4.79 Å². The summed E-state index contributed by atoms with van der Waals surface area (Å²) < 4.78 is 0. The van der Waals surface area contributed by atoms with Crippen LogP contribution in [-0.2, 0) is 13.0 Å². The number of aliphatic imine (C=N–C) groups is 1. The van der Waals surface area contributed by atoms with Crippen molar-refractivity contribution in [2.45, 2.75) is 19.9 Å². The van der Waals surface area contributed by atoms with E-state index in [-0.39, 0.29) is 0 Å². The van der Waals surface area contributed by atoms with Crippen molar-refractivity contribution in [2.75, 3.05) is 13.1 Å². The zero-order chi connectivity index (χ0) is 17.2. The third-order valence-corrected chi connectivity index (χ3v) is 3.55. The molecule has 0 fully saturated rings. The summed E-state index contributed by atoms with van der Waals surface area (Å²) in [7, 11) is 0. The maximum absolute atomic E-state index is 11.1. The Morgan fingerprint density at radius 1 is 1.00 bits per heavy atom. The van der Waals surface area contributed by atoms with Crippen LogP contribution in [0.15, 0.2) is 59.6 Å². The topological polar surface area (TPSA) is 79.5 Å². The number of carbonyl (C=O) groups is 1. The van der Waals surface area contributed by atoms with Crippen molar-refractivity contribution in [1.29, 1.82) is 0 Å². The summed E-state index contributed by atoms with van der Waals surface area (Å²) in [6.45, 7) is 4.20. The number of nitrogens with two attached hydrogens (primary N) is 1. The molecule has 126 valence electrons. The molecule has 0 bridgehead atoms. The van der Waals surface area contributed by atoms with E-state index in [0.29, 0.717) is 12.1 Å². The smallest absolute Gasteiger partial charge is 0.248 e. The van der Waals surface area contributed by atoms with Crippen molar-refractivity contribution in [3.8, 4) is 0 Å². The Hall–Kier alpha value is -2.82. The largest absolute Gasteiger partial charge is 0.366 e. The molecule has 0 heterocycles. The third-order valence-electron chi connectivity index (χ3n) is 3.55. The van der Waals surface area contributed by atoms with Crippen LogP contribution in [0.1, 0.15) is 28.4 Å². The molecule has 0 saturated heterocycles. The number of guanidine groups is 1. The van der Waals surface area contributed by atoms with Crippen LogP contribution in [-0.4, -0.2) is 25.0 Å². The fraction of sp³-hybridized carbons (Fsp3) is 0.263. The molecule has 0 unspecified atom stereocenters. The van der Waals surface area contributed by atoms with Crippen LogP contribution in [0.2, 0.25) is 0 Å². The van der Waals surface area contributed by atoms with E-state index < -0.39 is 5.91 Å². The summed E-state index contributed by atoms with van der Waals surface area (Å²) in [5.74, 6) is 0.369. The van der Waals surface area contributed by atoms with Crippen LogP contribution in [0.25, 0.3) is 0 Å². The molecule has 0 saturated carbocycles. The van der Waals surface area contributed by atoms with Crippen LogP contribution in [0, 0.1) is 0 Å². The van der Waals surface area contributed by atoms with Crippen molar-refractivity contribution >= 4 is 11.9 Å². The molecular formula is C19H24N4O. The molecule has 0 aliphatic heterocycles. The van der Waals surface area contributed by atoms with E-state index in [1.807, 2.05) is 37.3 Å². The molecule has 5 heteroatoms. The predicted molar refractivity (Wildman–Crippen MR) is 97.9 cm³/mol. The Morgan fingerprint density at radius 2 is 1.71 bits per heavy atom. The lowest BCUT2D eigenvalue weighted by Crippen LogP contribution is -2.38. The van der Waals surface area contributed by atoms with Crippen LogP contribution in [0.4, 0.5) is 0 Å². The van der Waals surface area contributed by atoms with Crippen molar-refractivity contribution in [1.82, 2.24) is 10.6 Å². The third kappa shape index (κ3) is 5.76. The van der Waals surface area contributed by atoms with Crippen molar-refractivity contribution in [3.63, 3.8) is 0 Å². The average Bonchev–Trinajstić information content (AvgIpc) is 2.61. The summed E-state index contributed by atoms with van der Waals surface area (Å²) in [5, 5.41) is 6.57. The molecule has 0 atom stereocenters. The van der Waals surface area contributed by atoms with Crippen LogP contribution >= 0.6 is 0 Å². The number of rotatable bonds is 7. The molecule has 4 N–H and O–H groups in total. The average molecular weight is 324 g/mol. The van der Waals surface area contributed by atoms with Gasteiger partial charge in [0.15, 0.2) is 5.96 Å². The van der Waals surface area contributed by atoms with Gasteiger partial charge in [-0.25, -0.2) is 4.99 Å². The molecule has 2 rings (SSSR count). The second-order valence-electron chi connectivity index (χ2n) is 5.42. The molecule has 5 nitrogen and oxygen atoms in total. The lowest BCUT2D eigenvalue weighted by atomic mass is 10.1. The van der Waals surface area contributed by atoms with Gasteiger partial charge in [0, 0.05) is 18.7 Å². The summed E-state index contributed by atoms with van der Waals surface area (Å²) in [4.78, 5) is 15.6. The highest BCUT2D eigenvalue weighted by Gasteiger charge is 2.01. The number of primary amides is 1. The second kappa shape index (κ2) is 9.35. The number of nitrogens with zero attached hydrogens (tertiary/aromatic N) is 1. The van der Waals surface area contributed by atoms with E-state index >= 15 is 0 Å². The van der Waals surface area contributed by atoms with Crippen LogP contribution < -0.4 is 16.4 Å². The van der Waals surface area contributed by atoms with Crippen molar-refractivity contribution in [3.05, 3.63) is 71.3 Å². The quantitative estimate of drug-likeness (QED) is 0.539. The van der Waals surface area contributed by atoms with Gasteiger partial charge in [0.05, 0.1) is 6.54 Å². The molecule has 24 heavy (non-hydrogen) atoms. The standard InChI is InChI=1S/C19H24N4O/c1-2-21-19(22-13-12-15-6-4-3-5-7-15)23-14-16-8-10-17(11-9-16)18(20)24/h3-11H,2,12-14H2,1H3,(H2,20,24)(H2,21,22,23). The molecular weight excluding hydrogens is 300 g/mol. The minimum atomic E-state index is -0.416. The fourth-order valence-corrected chi connectivity index (χ4v) is 2.26. The number of hydrogen-bond donors (Lipinski definition) is 3. The summed E-state index contributed by atoms with van der Waals surface area (Å²) in [5.41, 5.74) is 8.07. The van der Waals surface area contributed by atoms with E-state index in [2.05, 4.69) is 27.8 Å². The van der Waals surface area contributed by atoms with E-state index in [4.69, 9.17) is 5.73 Å². The predicted octanol–water partition coefficient (Wildman–Crippen LogP) is 2.08. The maximum atomic E-state index is 11.1. The SMILES string of the molecule is CCNC(=NCc1ccc(C(N)=O)cc1)NCCc1ccccc1. The van der Waals surface area contributed by atoms with Gasteiger partial charge in [0.25, 0.3) is 0 Å². The highest BCUT2D eigenvalue weighted by molar-refractivity contribution is 5.92. The minimum Gasteiger partial charge on any atom is -0.366 e.